The molecule has 0 radical (unpaired) electrons. The summed E-state index contributed by atoms with van der Waals surface area (Å²) in [4.78, 5) is 26.3. The summed E-state index contributed by atoms with van der Waals surface area (Å²) in [5.74, 6) is 0.464. The van der Waals surface area contributed by atoms with E-state index in [2.05, 4.69) is 26.3 Å². The first-order valence-electron chi connectivity index (χ1n) is 10.5. The molecular weight excluding hydrogens is 366 g/mol. The summed E-state index contributed by atoms with van der Waals surface area (Å²) >= 11 is 0. The minimum absolute atomic E-state index is 0.00177. The topological polar surface area (TPSA) is 70.6 Å². The molecule has 0 bridgehead atoms. The van der Waals surface area contributed by atoms with Crippen molar-refractivity contribution < 1.29 is 9.53 Å². The number of nitrogens with zero attached hydrogens (tertiary/aromatic N) is 4. The molecule has 1 aromatic heterocycles. The highest BCUT2D eigenvalue weighted by atomic mass is 16.5. The van der Waals surface area contributed by atoms with E-state index in [1.165, 1.54) is 12.8 Å². The Bertz CT molecular complexity index is 843. The van der Waals surface area contributed by atoms with Crippen LogP contribution in [0.15, 0.2) is 30.3 Å². The zero-order valence-electron chi connectivity index (χ0n) is 17.1. The first-order chi connectivity index (χ1) is 14.2. The van der Waals surface area contributed by atoms with Crippen LogP contribution >= 0.6 is 0 Å². The molecule has 29 heavy (non-hydrogen) atoms. The van der Waals surface area contributed by atoms with Gasteiger partial charge in [0.1, 0.15) is 5.69 Å². The average Bonchev–Trinajstić information content (AvgIpc) is 3.03. The molecule has 1 aromatic carbocycles. The van der Waals surface area contributed by atoms with Crippen molar-refractivity contribution >= 4 is 23.2 Å². The van der Waals surface area contributed by atoms with Crippen LogP contribution in [0.4, 0.5) is 17.3 Å². The molecule has 2 aliphatic heterocycles. The van der Waals surface area contributed by atoms with Crippen molar-refractivity contribution in [3.63, 3.8) is 0 Å². The maximum atomic E-state index is 13.0. The third-order valence-electron chi connectivity index (χ3n) is 5.47. The Kier molecular flexibility index (Phi) is 6.24. The van der Waals surface area contributed by atoms with Crippen LogP contribution in [0, 0.1) is 6.92 Å². The highest BCUT2D eigenvalue weighted by Crippen LogP contribution is 2.28. The van der Waals surface area contributed by atoms with Crippen molar-refractivity contribution in [3.8, 4) is 0 Å². The number of carbonyl (C=O) groups excluding carboxylic acids is 1. The molecule has 2 saturated heterocycles. The van der Waals surface area contributed by atoms with E-state index in [0.717, 1.165) is 69.3 Å². The smallest absolute Gasteiger partial charge is 0.272 e. The Morgan fingerprint density at radius 1 is 1.00 bits per heavy atom. The molecular formula is C22H29N5O2. The summed E-state index contributed by atoms with van der Waals surface area (Å²) in [5, 5.41) is 3.35. The van der Waals surface area contributed by atoms with Gasteiger partial charge >= 0.3 is 0 Å². The summed E-state index contributed by atoms with van der Waals surface area (Å²) in [6.45, 7) is 6.68. The number of carbonyl (C=O) groups is 1. The maximum Gasteiger partial charge on any atom is 0.272 e. The Morgan fingerprint density at radius 2 is 1.72 bits per heavy atom. The SMILES string of the molecule is Cc1cc(C(=O)N2CCCCCC2)nc(Nc2ccccc2N2CCOCC2)n1. The second-order valence-electron chi connectivity index (χ2n) is 7.67. The van der Waals surface area contributed by atoms with Crippen molar-refractivity contribution in [2.45, 2.75) is 32.6 Å². The quantitative estimate of drug-likeness (QED) is 0.856. The number of likely N-dealkylation sites (tertiary alicyclic amines) is 1. The van der Waals surface area contributed by atoms with Crippen molar-refractivity contribution in [1.82, 2.24) is 14.9 Å². The van der Waals surface area contributed by atoms with Crippen molar-refractivity contribution in [2.24, 2.45) is 0 Å². The Morgan fingerprint density at radius 3 is 2.48 bits per heavy atom. The van der Waals surface area contributed by atoms with Gasteiger partial charge in [-0.25, -0.2) is 9.97 Å². The molecule has 4 rings (SSSR count). The Hall–Kier alpha value is -2.67. The fourth-order valence-corrected chi connectivity index (χ4v) is 3.95. The fraction of sp³-hybridized carbons (Fsp3) is 0.500. The lowest BCUT2D eigenvalue weighted by atomic mass is 10.2. The number of nitrogens with one attached hydrogen (secondary N) is 1. The van der Waals surface area contributed by atoms with Gasteiger partial charge in [0.15, 0.2) is 0 Å². The van der Waals surface area contributed by atoms with Gasteiger partial charge in [0.05, 0.1) is 24.6 Å². The molecule has 0 unspecified atom stereocenters. The molecule has 154 valence electrons. The third kappa shape index (κ3) is 4.85. The zero-order valence-corrected chi connectivity index (χ0v) is 17.1. The number of amides is 1. The number of hydrogen-bond acceptors (Lipinski definition) is 6. The predicted octanol–water partition coefficient (Wildman–Crippen LogP) is 3.38. The highest BCUT2D eigenvalue weighted by Gasteiger charge is 2.20. The number of para-hydroxylation sites is 2. The summed E-state index contributed by atoms with van der Waals surface area (Å²) in [6.07, 6.45) is 4.51. The monoisotopic (exact) mass is 395 g/mol. The van der Waals surface area contributed by atoms with Gasteiger partial charge in [-0.3, -0.25) is 4.79 Å². The second-order valence-corrected chi connectivity index (χ2v) is 7.67. The number of aromatic nitrogens is 2. The van der Waals surface area contributed by atoms with Crippen LogP contribution in [0.3, 0.4) is 0 Å². The molecule has 2 aromatic rings. The Labute approximate surface area is 172 Å². The molecule has 2 aliphatic rings. The number of ether oxygens (including phenoxy) is 1. The third-order valence-corrected chi connectivity index (χ3v) is 5.47. The average molecular weight is 396 g/mol. The molecule has 7 nitrogen and oxygen atoms in total. The fourth-order valence-electron chi connectivity index (χ4n) is 3.95. The van der Waals surface area contributed by atoms with Crippen molar-refractivity contribution in [2.75, 3.05) is 49.6 Å². The van der Waals surface area contributed by atoms with Gasteiger partial charge in [0.2, 0.25) is 5.95 Å². The van der Waals surface area contributed by atoms with Crippen LogP contribution in [0.5, 0.6) is 0 Å². The summed E-state index contributed by atoms with van der Waals surface area (Å²) in [5.41, 5.74) is 3.28. The highest BCUT2D eigenvalue weighted by molar-refractivity contribution is 5.92. The summed E-state index contributed by atoms with van der Waals surface area (Å²) < 4.78 is 5.47. The lowest BCUT2D eigenvalue weighted by Crippen LogP contribution is -2.36. The van der Waals surface area contributed by atoms with Gasteiger partial charge < -0.3 is 19.9 Å². The maximum absolute atomic E-state index is 13.0. The molecule has 3 heterocycles. The summed E-state index contributed by atoms with van der Waals surface area (Å²) in [6, 6.07) is 9.92. The van der Waals surface area contributed by atoms with Gasteiger partial charge in [-0.1, -0.05) is 25.0 Å². The van der Waals surface area contributed by atoms with Gasteiger partial charge in [0, 0.05) is 31.9 Å². The minimum Gasteiger partial charge on any atom is -0.378 e. The molecule has 7 heteroatoms. The van der Waals surface area contributed by atoms with E-state index in [1.54, 1.807) is 6.07 Å². The molecule has 0 spiro atoms. The first kappa shape index (κ1) is 19.6. The predicted molar refractivity (Wildman–Crippen MR) is 114 cm³/mol. The van der Waals surface area contributed by atoms with Gasteiger partial charge in [-0.05, 0) is 38.0 Å². The standard InChI is InChI=1S/C22H29N5O2/c1-17-16-19(21(28)27-10-6-2-3-7-11-27)25-22(23-17)24-18-8-4-5-9-20(18)26-12-14-29-15-13-26/h4-5,8-9,16H,2-3,6-7,10-15H2,1H3,(H,23,24,25). The number of aryl methyl sites for hydroxylation is 1. The van der Waals surface area contributed by atoms with Crippen LogP contribution in [0.2, 0.25) is 0 Å². The number of rotatable bonds is 4. The van der Waals surface area contributed by atoms with Crippen molar-refractivity contribution in [3.05, 3.63) is 41.7 Å². The van der Waals surface area contributed by atoms with E-state index in [4.69, 9.17) is 4.74 Å². The van der Waals surface area contributed by atoms with E-state index < -0.39 is 0 Å². The van der Waals surface area contributed by atoms with Crippen LogP contribution in [0.1, 0.15) is 41.9 Å². The first-order valence-corrected chi connectivity index (χ1v) is 10.5. The van der Waals surface area contributed by atoms with Crippen LogP contribution in [-0.2, 0) is 4.74 Å². The molecule has 1 amide bonds. The lowest BCUT2D eigenvalue weighted by Gasteiger charge is -2.30. The zero-order chi connectivity index (χ0) is 20.1. The molecule has 0 atom stereocenters. The number of hydrogen-bond donors (Lipinski definition) is 1. The molecule has 0 aliphatic carbocycles. The van der Waals surface area contributed by atoms with Gasteiger partial charge in [0.25, 0.3) is 5.91 Å². The number of anilines is 3. The summed E-state index contributed by atoms with van der Waals surface area (Å²) in [7, 11) is 0. The van der Waals surface area contributed by atoms with E-state index in [9.17, 15) is 4.79 Å². The van der Waals surface area contributed by atoms with E-state index in [-0.39, 0.29) is 5.91 Å². The number of morpholine rings is 1. The second kappa shape index (κ2) is 9.22. The molecule has 0 saturated carbocycles. The van der Waals surface area contributed by atoms with Gasteiger partial charge in [-0.15, -0.1) is 0 Å². The molecule has 1 N–H and O–H groups in total. The van der Waals surface area contributed by atoms with Crippen LogP contribution in [-0.4, -0.2) is 60.2 Å². The van der Waals surface area contributed by atoms with E-state index in [1.807, 2.05) is 30.0 Å². The minimum atomic E-state index is 0.00177. The Balaban J connectivity index is 1.56. The number of benzene rings is 1. The lowest BCUT2D eigenvalue weighted by molar-refractivity contribution is 0.0755. The van der Waals surface area contributed by atoms with E-state index >= 15 is 0 Å². The van der Waals surface area contributed by atoms with E-state index in [0.29, 0.717) is 11.6 Å². The largest absolute Gasteiger partial charge is 0.378 e. The van der Waals surface area contributed by atoms with Crippen LogP contribution < -0.4 is 10.2 Å². The van der Waals surface area contributed by atoms with Crippen molar-refractivity contribution in [1.29, 1.82) is 0 Å². The van der Waals surface area contributed by atoms with Gasteiger partial charge in [-0.2, -0.15) is 0 Å². The molecule has 2 fully saturated rings. The normalized spacial score (nSPS) is 17.7. The van der Waals surface area contributed by atoms with Crippen LogP contribution in [0.25, 0.3) is 0 Å².